The Morgan fingerprint density at radius 2 is 2.00 bits per heavy atom. The molecule has 4 atom stereocenters. The standard InChI is InChI=1S/C26H33ClF2N6O4/c1-14-16-12-33(24(36)39-25(2,3)4)8-9-35(16)21-17-19(18(29)20(27)31-22(17)38-14)30-23(32-21)37-13-26-6-5-7-34(26)11-15(28)10-26/h14-16H,5-13H2,1-4H3/t14-,15+,16?,26-/m0/s1. The first kappa shape index (κ1) is 26.5. The number of pyridine rings is 1. The van der Waals surface area contributed by atoms with E-state index < -0.39 is 35.3 Å². The highest BCUT2D eigenvalue weighted by atomic mass is 35.5. The maximum absolute atomic E-state index is 15.3. The number of piperazine rings is 1. The number of aromatic nitrogens is 3. The van der Waals surface area contributed by atoms with Crippen molar-refractivity contribution in [3.63, 3.8) is 0 Å². The van der Waals surface area contributed by atoms with Gasteiger partial charge in [-0.25, -0.2) is 13.6 Å². The second-order valence-corrected chi connectivity index (χ2v) is 12.3. The SMILES string of the molecule is C[C@@H]1Oc2nc(Cl)c(F)c3nc(OC[C@@]45CCCN4C[C@H](F)C5)nc(c23)N2CCN(C(=O)OC(C)(C)C)CC12. The topological polar surface area (TPSA) is 93.2 Å². The van der Waals surface area contributed by atoms with Crippen LogP contribution in [0.4, 0.5) is 19.4 Å². The van der Waals surface area contributed by atoms with Crippen molar-refractivity contribution in [2.24, 2.45) is 0 Å². The summed E-state index contributed by atoms with van der Waals surface area (Å²) in [4.78, 5) is 31.9. The second kappa shape index (κ2) is 9.43. The molecule has 0 radical (unpaired) electrons. The Bertz CT molecular complexity index is 1310. The van der Waals surface area contributed by atoms with Gasteiger partial charge in [0.2, 0.25) is 5.88 Å². The summed E-state index contributed by atoms with van der Waals surface area (Å²) in [6, 6.07) is -0.352. The number of nitrogens with zero attached hydrogens (tertiary/aromatic N) is 6. The molecule has 4 aliphatic rings. The predicted octanol–water partition coefficient (Wildman–Crippen LogP) is 3.98. The molecule has 212 valence electrons. The fourth-order valence-electron chi connectivity index (χ4n) is 6.30. The van der Waals surface area contributed by atoms with Gasteiger partial charge in [-0.2, -0.15) is 15.0 Å². The van der Waals surface area contributed by atoms with Crippen molar-refractivity contribution >= 4 is 34.4 Å². The highest BCUT2D eigenvalue weighted by molar-refractivity contribution is 6.30. The van der Waals surface area contributed by atoms with Gasteiger partial charge in [0.15, 0.2) is 11.0 Å². The van der Waals surface area contributed by atoms with Gasteiger partial charge in [-0.05, 0) is 47.1 Å². The minimum Gasteiger partial charge on any atom is -0.472 e. The quantitative estimate of drug-likeness (QED) is 0.511. The summed E-state index contributed by atoms with van der Waals surface area (Å²) < 4.78 is 47.5. The molecule has 0 saturated carbocycles. The van der Waals surface area contributed by atoms with Crippen molar-refractivity contribution in [3.8, 4) is 11.9 Å². The first-order valence-electron chi connectivity index (χ1n) is 13.4. The van der Waals surface area contributed by atoms with E-state index >= 15 is 4.39 Å². The number of amides is 1. The van der Waals surface area contributed by atoms with Crippen molar-refractivity contribution in [2.45, 2.75) is 76.4 Å². The minimum atomic E-state index is -0.901. The zero-order valence-corrected chi connectivity index (χ0v) is 23.3. The molecule has 1 unspecified atom stereocenters. The lowest BCUT2D eigenvalue weighted by Crippen LogP contribution is -2.59. The number of carbonyl (C=O) groups is 1. The van der Waals surface area contributed by atoms with Crippen molar-refractivity contribution in [2.75, 3.05) is 44.2 Å². The average Bonchev–Trinajstić information content (AvgIpc) is 3.36. The molecule has 0 N–H and O–H groups in total. The normalized spacial score (nSPS) is 28.6. The highest BCUT2D eigenvalue weighted by Crippen LogP contribution is 2.43. The smallest absolute Gasteiger partial charge is 0.410 e. The molecule has 0 spiro atoms. The van der Waals surface area contributed by atoms with Gasteiger partial charge in [0, 0.05) is 32.6 Å². The Morgan fingerprint density at radius 3 is 2.77 bits per heavy atom. The molecule has 6 rings (SSSR count). The van der Waals surface area contributed by atoms with E-state index in [2.05, 4.69) is 14.9 Å². The second-order valence-electron chi connectivity index (χ2n) is 11.9. The van der Waals surface area contributed by atoms with Gasteiger partial charge in [0.1, 0.15) is 41.2 Å². The number of hydrogen-bond acceptors (Lipinski definition) is 9. The summed E-state index contributed by atoms with van der Waals surface area (Å²) in [5, 5.41) is -0.0677. The maximum atomic E-state index is 15.3. The van der Waals surface area contributed by atoms with Crippen molar-refractivity contribution in [1.82, 2.24) is 24.8 Å². The lowest BCUT2D eigenvalue weighted by Gasteiger charge is -2.43. The fraction of sp³-hybridized carbons (Fsp3) is 0.692. The predicted molar refractivity (Wildman–Crippen MR) is 140 cm³/mol. The Labute approximate surface area is 230 Å². The van der Waals surface area contributed by atoms with Gasteiger partial charge in [-0.3, -0.25) is 4.90 Å². The first-order valence-corrected chi connectivity index (χ1v) is 13.8. The number of hydrogen-bond donors (Lipinski definition) is 0. The van der Waals surface area contributed by atoms with Crippen LogP contribution in [0, 0.1) is 5.82 Å². The molecule has 6 heterocycles. The van der Waals surface area contributed by atoms with Crippen LogP contribution in [0.3, 0.4) is 0 Å². The van der Waals surface area contributed by atoms with Crippen molar-refractivity contribution in [3.05, 3.63) is 11.0 Å². The zero-order valence-electron chi connectivity index (χ0n) is 22.5. The third-order valence-electron chi connectivity index (χ3n) is 8.08. The van der Waals surface area contributed by atoms with E-state index in [4.69, 9.17) is 30.8 Å². The van der Waals surface area contributed by atoms with Gasteiger partial charge < -0.3 is 24.0 Å². The lowest BCUT2D eigenvalue weighted by molar-refractivity contribution is 0.0175. The summed E-state index contributed by atoms with van der Waals surface area (Å²) in [5.41, 5.74) is -1.09. The number of alkyl halides is 1. The summed E-state index contributed by atoms with van der Waals surface area (Å²) in [5.74, 6) is -0.265. The molecule has 0 aliphatic carbocycles. The van der Waals surface area contributed by atoms with Gasteiger partial charge >= 0.3 is 12.1 Å². The van der Waals surface area contributed by atoms with Crippen LogP contribution < -0.4 is 14.4 Å². The van der Waals surface area contributed by atoms with Gasteiger partial charge in [-0.15, -0.1) is 0 Å². The van der Waals surface area contributed by atoms with Crippen LogP contribution >= 0.6 is 11.6 Å². The van der Waals surface area contributed by atoms with E-state index in [0.29, 0.717) is 43.8 Å². The van der Waals surface area contributed by atoms with Gasteiger partial charge in [0.25, 0.3) is 0 Å². The molecule has 3 saturated heterocycles. The molecule has 3 fully saturated rings. The van der Waals surface area contributed by atoms with Gasteiger partial charge in [0.05, 0.1) is 11.6 Å². The molecule has 0 bridgehead atoms. The third-order valence-corrected chi connectivity index (χ3v) is 8.34. The number of anilines is 1. The highest BCUT2D eigenvalue weighted by Gasteiger charge is 2.49. The van der Waals surface area contributed by atoms with E-state index in [9.17, 15) is 9.18 Å². The first-order chi connectivity index (χ1) is 18.4. The summed E-state index contributed by atoms with van der Waals surface area (Å²) >= 11 is 6.15. The number of rotatable bonds is 3. The molecule has 2 aromatic heterocycles. The maximum Gasteiger partial charge on any atom is 0.410 e. The average molecular weight is 567 g/mol. The number of halogens is 3. The monoisotopic (exact) mass is 566 g/mol. The molecule has 10 nitrogen and oxygen atoms in total. The summed E-state index contributed by atoms with van der Waals surface area (Å²) in [7, 11) is 0. The molecule has 1 amide bonds. The van der Waals surface area contributed by atoms with Crippen molar-refractivity contribution in [1.29, 1.82) is 0 Å². The van der Waals surface area contributed by atoms with Gasteiger partial charge in [-0.1, -0.05) is 11.6 Å². The zero-order chi connectivity index (χ0) is 27.7. The molecule has 0 aromatic carbocycles. The molecular formula is C26H33ClF2N6O4. The van der Waals surface area contributed by atoms with Crippen LogP contribution in [0.15, 0.2) is 0 Å². The van der Waals surface area contributed by atoms with Crippen LogP contribution in [0.2, 0.25) is 5.15 Å². The summed E-state index contributed by atoms with van der Waals surface area (Å²) in [6.07, 6.45) is 0.420. The minimum absolute atomic E-state index is 0.0176. The number of ether oxygens (including phenoxy) is 3. The fourth-order valence-corrected chi connectivity index (χ4v) is 6.47. The van der Waals surface area contributed by atoms with Crippen LogP contribution in [0.5, 0.6) is 11.9 Å². The summed E-state index contributed by atoms with van der Waals surface area (Å²) in [6.45, 7) is 9.82. The lowest BCUT2D eigenvalue weighted by atomic mass is 9.95. The Morgan fingerprint density at radius 1 is 1.21 bits per heavy atom. The van der Waals surface area contributed by atoms with Crippen LogP contribution in [0.1, 0.15) is 47.0 Å². The molecule has 4 aliphatic heterocycles. The third kappa shape index (κ3) is 4.69. The largest absolute Gasteiger partial charge is 0.472 e. The Balaban J connectivity index is 1.35. The molecular weight excluding hydrogens is 534 g/mol. The number of carbonyl (C=O) groups excluding carboxylic acids is 1. The van der Waals surface area contributed by atoms with E-state index in [-0.39, 0.29) is 35.2 Å². The Kier molecular flexibility index (Phi) is 6.41. The Hall–Kier alpha value is -2.73. The van der Waals surface area contributed by atoms with Crippen LogP contribution in [0.25, 0.3) is 10.9 Å². The van der Waals surface area contributed by atoms with Crippen LogP contribution in [-0.2, 0) is 4.74 Å². The number of fused-ring (bicyclic) bond motifs is 3. The van der Waals surface area contributed by atoms with E-state index in [1.165, 1.54) is 0 Å². The van der Waals surface area contributed by atoms with E-state index in [1.807, 2.05) is 32.6 Å². The molecule has 39 heavy (non-hydrogen) atoms. The van der Waals surface area contributed by atoms with Crippen molar-refractivity contribution < 1.29 is 27.8 Å². The van der Waals surface area contributed by atoms with Crippen LogP contribution in [-0.4, -0.2) is 99.6 Å². The molecule has 2 aromatic rings. The van der Waals surface area contributed by atoms with E-state index in [0.717, 1.165) is 19.4 Å². The molecule has 13 heteroatoms. The van der Waals surface area contributed by atoms with E-state index in [1.54, 1.807) is 4.90 Å².